The zero-order chi connectivity index (χ0) is 12.5. The van der Waals surface area contributed by atoms with E-state index >= 15 is 0 Å². The van der Waals surface area contributed by atoms with Crippen LogP contribution in [0, 0.1) is 11.3 Å². The Hall–Kier alpha value is -1.58. The molecule has 0 saturated heterocycles. The first-order valence-electron chi connectivity index (χ1n) is 6.04. The summed E-state index contributed by atoms with van der Waals surface area (Å²) in [4.78, 5) is 15.8. The van der Waals surface area contributed by atoms with Gasteiger partial charge in [0.2, 0.25) is 0 Å². The van der Waals surface area contributed by atoms with E-state index in [0.717, 1.165) is 6.54 Å². The molecule has 1 heterocycles. The highest BCUT2D eigenvalue weighted by Gasteiger charge is 2.45. The molecule has 92 valence electrons. The van der Waals surface area contributed by atoms with Crippen molar-refractivity contribution in [1.29, 1.82) is 0 Å². The molecular formula is C13H19N3O. The van der Waals surface area contributed by atoms with Crippen molar-refractivity contribution in [2.75, 3.05) is 12.3 Å². The van der Waals surface area contributed by atoms with Gasteiger partial charge >= 0.3 is 0 Å². The van der Waals surface area contributed by atoms with Crippen molar-refractivity contribution in [2.45, 2.75) is 26.7 Å². The molecule has 17 heavy (non-hydrogen) atoms. The number of hydrogen-bond donors (Lipinski definition) is 2. The molecule has 4 heteroatoms. The fourth-order valence-corrected chi connectivity index (χ4v) is 2.08. The van der Waals surface area contributed by atoms with Crippen LogP contribution < -0.4 is 11.1 Å². The maximum Gasteiger partial charge on any atom is 0.255 e. The van der Waals surface area contributed by atoms with Crippen LogP contribution in [0.25, 0.3) is 0 Å². The van der Waals surface area contributed by atoms with Crippen molar-refractivity contribution in [3.05, 3.63) is 23.9 Å². The fraction of sp³-hybridized carbons (Fsp3) is 0.538. The van der Waals surface area contributed by atoms with Crippen molar-refractivity contribution in [2.24, 2.45) is 11.3 Å². The highest BCUT2D eigenvalue weighted by atomic mass is 16.1. The zero-order valence-electron chi connectivity index (χ0n) is 10.4. The monoisotopic (exact) mass is 233 g/mol. The molecule has 4 nitrogen and oxygen atoms in total. The summed E-state index contributed by atoms with van der Waals surface area (Å²) in [5.74, 6) is 0.774. The first-order valence-corrected chi connectivity index (χ1v) is 6.04. The molecule has 1 aliphatic rings. The minimum absolute atomic E-state index is 0.123. The molecule has 1 aliphatic carbocycles. The first-order chi connectivity index (χ1) is 8.05. The number of rotatable bonds is 4. The van der Waals surface area contributed by atoms with E-state index in [4.69, 9.17) is 5.73 Å². The maximum absolute atomic E-state index is 11.9. The van der Waals surface area contributed by atoms with Crippen LogP contribution in [0.4, 0.5) is 5.82 Å². The van der Waals surface area contributed by atoms with E-state index in [-0.39, 0.29) is 5.91 Å². The molecule has 2 rings (SSSR count). The normalized spacial score (nSPS) is 16.9. The lowest BCUT2D eigenvalue weighted by atomic mass is 9.92. The molecule has 0 spiro atoms. The number of nitrogens with two attached hydrogens (primary N) is 1. The van der Waals surface area contributed by atoms with Crippen LogP contribution in [0.2, 0.25) is 0 Å². The van der Waals surface area contributed by atoms with Crippen molar-refractivity contribution >= 4 is 11.7 Å². The number of carbonyl (C=O) groups is 1. The molecule has 1 amide bonds. The number of aromatic nitrogens is 1. The number of amides is 1. The van der Waals surface area contributed by atoms with Gasteiger partial charge in [-0.05, 0) is 36.3 Å². The molecule has 1 fully saturated rings. The average molecular weight is 233 g/mol. The minimum atomic E-state index is -0.123. The van der Waals surface area contributed by atoms with E-state index in [9.17, 15) is 4.79 Å². The van der Waals surface area contributed by atoms with Crippen molar-refractivity contribution in [3.63, 3.8) is 0 Å². The second-order valence-corrected chi connectivity index (χ2v) is 5.14. The van der Waals surface area contributed by atoms with Gasteiger partial charge in [-0.25, -0.2) is 4.98 Å². The lowest BCUT2D eigenvalue weighted by Gasteiger charge is -2.20. The average Bonchev–Trinajstić information content (AvgIpc) is 3.07. The second-order valence-electron chi connectivity index (χ2n) is 5.14. The topological polar surface area (TPSA) is 68.0 Å². The molecule has 0 radical (unpaired) electrons. The van der Waals surface area contributed by atoms with Gasteiger partial charge in [-0.3, -0.25) is 4.79 Å². The standard InChI is InChI=1S/C13H19N3O/c1-9(2)13(5-6-13)8-16-12(17)10-4-3-7-15-11(10)14/h3-4,7,9H,5-6,8H2,1-2H3,(H2,14,15)(H,16,17). The maximum atomic E-state index is 11.9. The van der Waals surface area contributed by atoms with Gasteiger partial charge in [0.05, 0.1) is 5.56 Å². The summed E-state index contributed by atoms with van der Waals surface area (Å²) < 4.78 is 0. The molecule has 1 aromatic rings. The van der Waals surface area contributed by atoms with E-state index in [1.807, 2.05) is 0 Å². The number of nitrogens with one attached hydrogen (secondary N) is 1. The van der Waals surface area contributed by atoms with Crippen molar-refractivity contribution in [1.82, 2.24) is 10.3 Å². The SMILES string of the molecule is CC(C)C1(CNC(=O)c2cccnc2N)CC1. The van der Waals surface area contributed by atoms with Crippen LogP contribution in [-0.2, 0) is 0 Å². The van der Waals surface area contributed by atoms with Gasteiger partial charge in [-0.1, -0.05) is 13.8 Å². The molecule has 1 saturated carbocycles. The Labute approximate surface area is 102 Å². The Morgan fingerprint density at radius 1 is 1.59 bits per heavy atom. The van der Waals surface area contributed by atoms with Gasteiger partial charge in [-0.15, -0.1) is 0 Å². The Morgan fingerprint density at radius 3 is 2.82 bits per heavy atom. The highest BCUT2D eigenvalue weighted by Crippen LogP contribution is 2.51. The summed E-state index contributed by atoms with van der Waals surface area (Å²) in [5.41, 5.74) is 6.44. The number of nitrogens with zero attached hydrogens (tertiary/aromatic N) is 1. The largest absolute Gasteiger partial charge is 0.383 e. The van der Waals surface area contributed by atoms with Gasteiger partial charge in [0, 0.05) is 12.7 Å². The third kappa shape index (κ3) is 2.40. The third-order valence-corrected chi connectivity index (χ3v) is 3.80. The van der Waals surface area contributed by atoms with Gasteiger partial charge in [0.15, 0.2) is 0 Å². The molecular weight excluding hydrogens is 214 g/mol. The van der Waals surface area contributed by atoms with Crippen LogP contribution in [0.15, 0.2) is 18.3 Å². The van der Waals surface area contributed by atoms with E-state index in [2.05, 4.69) is 24.1 Å². The summed E-state index contributed by atoms with van der Waals surface area (Å²) in [6.45, 7) is 5.15. The Morgan fingerprint density at radius 2 is 2.29 bits per heavy atom. The number of anilines is 1. The Kier molecular flexibility index (Phi) is 3.05. The van der Waals surface area contributed by atoms with Crippen LogP contribution in [0.5, 0.6) is 0 Å². The van der Waals surface area contributed by atoms with Crippen molar-refractivity contribution < 1.29 is 4.79 Å². The van der Waals surface area contributed by atoms with Gasteiger partial charge < -0.3 is 11.1 Å². The van der Waals surface area contributed by atoms with Crippen LogP contribution in [0.1, 0.15) is 37.0 Å². The zero-order valence-corrected chi connectivity index (χ0v) is 10.4. The molecule has 0 unspecified atom stereocenters. The lowest BCUT2D eigenvalue weighted by Crippen LogP contribution is -2.33. The van der Waals surface area contributed by atoms with E-state index < -0.39 is 0 Å². The van der Waals surface area contributed by atoms with Gasteiger partial charge in [0.25, 0.3) is 5.91 Å². The Bertz CT molecular complexity index is 424. The predicted molar refractivity (Wildman–Crippen MR) is 67.5 cm³/mol. The second kappa shape index (κ2) is 4.35. The summed E-state index contributed by atoms with van der Waals surface area (Å²) in [7, 11) is 0. The summed E-state index contributed by atoms with van der Waals surface area (Å²) in [6, 6.07) is 3.42. The summed E-state index contributed by atoms with van der Waals surface area (Å²) in [6.07, 6.45) is 3.99. The molecule has 0 aromatic carbocycles. The van der Waals surface area contributed by atoms with Gasteiger partial charge in [0.1, 0.15) is 5.82 Å². The number of hydrogen-bond acceptors (Lipinski definition) is 3. The molecule has 1 aromatic heterocycles. The molecule has 0 atom stereocenters. The lowest BCUT2D eigenvalue weighted by molar-refractivity contribution is 0.0940. The van der Waals surface area contributed by atoms with Crippen LogP contribution >= 0.6 is 0 Å². The van der Waals surface area contributed by atoms with E-state index in [1.165, 1.54) is 12.8 Å². The highest BCUT2D eigenvalue weighted by molar-refractivity contribution is 5.98. The molecule has 3 N–H and O–H groups in total. The summed E-state index contributed by atoms with van der Waals surface area (Å²) >= 11 is 0. The number of pyridine rings is 1. The number of carbonyl (C=O) groups excluding carboxylic acids is 1. The van der Waals surface area contributed by atoms with Crippen LogP contribution in [0.3, 0.4) is 0 Å². The third-order valence-electron chi connectivity index (χ3n) is 3.80. The van der Waals surface area contributed by atoms with Crippen molar-refractivity contribution in [3.8, 4) is 0 Å². The quantitative estimate of drug-likeness (QED) is 0.833. The number of nitrogen functional groups attached to an aromatic ring is 1. The minimum Gasteiger partial charge on any atom is -0.383 e. The molecule has 0 aliphatic heterocycles. The smallest absolute Gasteiger partial charge is 0.255 e. The van der Waals surface area contributed by atoms with E-state index in [0.29, 0.717) is 22.7 Å². The van der Waals surface area contributed by atoms with E-state index in [1.54, 1.807) is 18.3 Å². The predicted octanol–water partition coefficient (Wildman–Crippen LogP) is 1.83. The fourth-order valence-electron chi connectivity index (χ4n) is 2.08. The molecule has 0 bridgehead atoms. The Balaban J connectivity index is 1.97. The first kappa shape index (κ1) is 11.9. The summed E-state index contributed by atoms with van der Waals surface area (Å²) in [5, 5.41) is 2.96. The van der Waals surface area contributed by atoms with Crippen LogP contribution in [-0.4, -0.2) is 17.4 Å². The van der Waals surface area contributed by atoms with Gasteiger partial charge in [-0.2, -0.15) is 0 Å².